The van der Waals surface area contributed by atoms with Gasteiger partial charge in [0, 0.05) is 25.2 Å². The van der Waals surface area contributed by atoms with Gasteiger partial charge in [0.15, 0.2) is 5.82 Å². The van der Waals surface area contributed by atoms with Crippen LogP contribution in [0.3, 0.4) is 0 Å². The second-order valence-corrected chi connectivity index (χ2v) is 10.5. The van der Waals surface area contributed by atoms with E-state index < -0.39 is 6.43 Å². The van der Waals surface area contributed by atoms with Gasteiger partial charge in [-0.2, -0.15) is 9.97 Å². The van der Waals surface area contributed by atoms with Crippen LogP contribution < -0.4 is 15.0 Å². The van der Waals surface area contributed by atoms with Crippen LogP contribution in [0, 0.1) is 6.92 Å². The number of carbonyl (C=O) groups is 1. The summed E-state index contributed by atoms with van der Waals surface area (Å²) in [5.74, 6) is 0.663. The molecule has 1 saturated carbocycles. The molecule has 0 unspecified atom stereocenters. The van der Waals surface area contributed by atoms with Gasteiger partial charge in [-0.05, 0) is 64.4 Å². The molecular formula is C27H35F2N7O3. The number of hydrogen-bond donors (Lipinski definition) is 1. The minimum absolute atomic E-state index is 0.0117. The third-order valence-electron chi connectivity index (χ3n) is 7.02. The van der Waals surface area contributed by atoms with Gasteiger partial charge >= 0.3 is 0 Å². The molecule has 2 aromatic heterocycles. The Morgan fingerprint density at radius 1 is 1.13 bits per heavy atom. The van der Waals surface area contributed by atoms with Crippen molar-refractivity contribution >= 4 is 22.9 Å². The van der Waals surface area contributed by atoms with Gasteiger partial charge in [-0.3, -0.25) is 9.36 Å². The Labute approximate surface area is 226 Å². The number of alkyl halides is 2. The molecule has 0 radical (unpaired) electrons. The van der Waals surface area contributed by atoms with E-state index >= 15 is 0 Å². The first-order valence-corrected chi connectivity index (χ1v) is 13.4. The Balaban J connectivity index is 1.42. The van der Waals surface area contributed by atoms with Crippen LogP contribution in [0.2, 0.25) is 0 Å². The number of aryl methyl sites for hydroxylation is 1. The number of amides is 1. The predicted molar refractivity (Wildman–Crippen MR) is 143 cm³/mol. The first-order valence-electron chi connectivity index (χ1n) is 13.4. The molecule has 1 aliphatic carbocycles. The molecule has 1 aliphatic heterocycles. The van der Waals surface area contributed by atoms with Crippen LogP contribution in [0.4, 0.5) is 14.7 Å². The van der Waals surface area contributed by atoms with Crippen molar-refractivity contribution in [2.45, 2.75) is 51.2 Å². The summed E-state index contributed by atoms with van der Waals surface area (Å²) in [6.07, 6.45) is 0.173. The number of imidazole rings is 1. The summed E-state index contributed by atoms with van der Waals surface area (Å²) in [7, 11) is 3.73. The minimum Gasteiger partial charge on any atom is -0.474 e. The van der Waals surface area contributed by atoms with Crippen LogP contribution in [-0.4, -0.2) is 89.4 Å². The Hall–Kier alpha value is -3.38. The molecule has 12 heteroatoms. The monoisotopic (exact) mass is 543 g/mol. The summed E-state index contributed by atoms with van der Waals surface area (Å²) in [6.45, 7) is 4.50. The number of benzene rings is 1. The molecular weight excluding hydrogens is 508 g/mol. The van der Waals surface area contributed by atoms with E-state index in [0.29, 0.717) is 55.7 Å². The molecule has 5 rings (SSSR count). The van der Waals surface area contributed by atoms with Gasteiger partial charge in [0.05, 0.1) is 30.8 Å². The SMILES string of the molecule is Cc1ccc2nc(C(F)F)n(-c3cc(OC4CCC(NC(=O)CN(C)C)CC4)nc(N4CCOCC4)n3)c2c1. The maximum Gasteiger partial charge on any atom is 0.296 e. The Bertz CT molecular complexity index is 1300. The van der Waals surface area contributed by atoms with E-state index in [0.717, 1.165) is 31.2 Å². The van der Waals surface area contributed by atoms with Crippen molar-refractivity contribution in [1.29, 1.82) is 0 Å². The van der Waals surface area contributed by atoms with Crippen molar-refractivity contribution in [3.8, 4) is 11.7 Å². The van der Waals surface area contributed by atoms with E-state index in [1.165, 1.54) is 4.57 Å². The van der Waals surface area contributed by atoms with Crippen molar-refractivity contribution in [3.63, 3.8) is 0 Å². The summed E-state index contributed by atoms with van der Waals surface area (Å²) in [5, 5.41) is 3.09. The molecule has 210 valence electrons. The number of aromatic nitrogens is 4. The molecule has 2 aliphatic rings. The lowest BCUT2D eigenvalue weighted by atomic mass is 9.93. The number of halogens is 2. The average Bonchev–Trinajstić information content (AvgIpc) is 3.29. The van der Waals surface area contributed by atoms with E-state index in [2.05, 4.69) is 15.3 Å². The maximum absolute atomic E-state index is 14.2. The zero-order valence-corrected chi connectivity index (χ0v) is 22.6. The third kappa shape index (κ3) is 6.44. The fourth-order valence-electron chi connectivity index (χ4n) is 5.13. The molecule has 10 nitrogen and oxygen atoms in total. The van der Waals surface area contributed by atoms with Crippen molar-refractivity contribution in [1.82, 2.24) is 29.7 Å². The lowest BCUT2D eigenvalue weighted by molar-refractivity contribution is -0.122. The molecule has 39 heavy (non-hydrogen) atoms. The summed E-state index contributed by atoms with van der Waals surface area (Å²) in [5.41, 5.74) is 1.95. The highest BCUT2D eigenvalue weighted by Crippen LogP contribution is 2.31. The molecule has 3 heterocycles. The maximum atomic E-state index is 14.2. The molecule has 1 aromatic carbocycles. The van der Waals surface area contributed by atoms with Crippen LogP contribution in [0.5, 0.6) is 5.88 Å². The van der Waals surface area contributed by atoms with Crippen LogP contribution in [0.15, 0.2) is 24.3 Å². The number of nitrogens with zero attached hydrogens (tertiary/aromatic N) is 6. The lowest BCUT2D eigenvalue weighted by Gasteiger charge is -2.30. The highest BCUT2D eigenvalue weighted by molar-refractivity contribution is 5.79. The highest BCUT2D eigenvalue weighted by Gasteiger charge is 2.27. The molecule has 2 fully saturated rings. The number of morpholine rings is 1. The second-order valence-electron chi connectivity index (χ2n) is 10.5. The number of likely N-dealkylation sites (N-methyl/N-ethyl adjacent to an activating group) is 1. The topological polar surface area (TPSA) is 97.6 Å². The number of fused-ring (bicyclic) bond motifs is 1. The van der Waals surface area contributed by atoms with E-state index in [-0.39, 0.29) is 29.7 Å². The van der Waals surface area contributed by atoms with Crippen LogP contribution in [0.1, 0.15) is 43.5 Å². The van der Waals surface area contributed by atoms with Gasteiger partial charge in [-0.25, -0.2) is 13.8 Å². The zero-order chi connectivity index (χ0) is 27.5. The molecule has 0 bridgehead atoms. The first-order chi connectivity index (χ1) is 18.8. The van der Waals surface area contributed by atoms with Crippen molar-refractivity contribution in [2.24, 2.45) is 0 Å². The lowest BCUT2D eigenvalue weighted by Crippen LogP contribution is -2.43. The molecule has 3 aromatic rings. The Morgan fingerprint density at radius 3 is 2.56 bits per heavy atom. The minimum atomic E-state index is -2.79. The second kappa shape index (κ2) is 11.8. The number of carbonyl (C=O) groups excluding carboxylic acids is 1. The number of anilines is 1. The Kier molecular flexibility index (Phi) is 8.22. The summed E-state index contributed by atoms with van der Waals surface area (Å²) < 4.78 is 41.5. The van der Waals surface area contributed by atoms with E-state index in [9.17, 15) is 13.6 Å². The summed E-state index contributed by atoms with van der Waals surface area (Å²) >= 11 is 0. The normalized spacial score (nSPS) is 20.1. The van der Waals surface area contributed by atoms with Crippen molar-refractivity contribution in [3.05, 3.63) is 35.7 Å². The summed E-state index contributed by atoms with van der Waals surface area (Å²) in [6, 6.07) is 7.14. The van der Waals surface area contributed by atoms with Gasteiger partial charge in [-0.1, -0.05) is 6.07 Å². The van der Waals surface area contributed by atoms with Gasteiger partial charge < -0.3 is 24.6 Å². The first kappa shape index (κ1) is 27.2. The van der Waals surface area contributed by atoms with Gasteiger partial charge in [0.2, 0.25) is 17.7 Å². The van der Waals surface area contributed by atoms with Gasteiger partial charge in [0.1, 0.15) is 11.9 Å². The Morgan fingerprint density at radius 2 is 1.87 bits per heavy atom. The number of nitrogens with one attached hydrogen (secondary N) is 1. The molecule has 1 N–H and O–H groups in total. The number of hydrogen-bond acceptors (Lipinski definition) is 8. The summed E-state index contributed by atoms with van der Waals surface area (Å²) in [4.78, 5) is 29.5. The van der Waals surface area contributed by atoms with E-state index in [1.54, 1.807) is 12.1 Å². The fraction of sp³-hybridized carbons (Fsp3) is 0.556. The molecule has 1 saturated heterocycles. The molecule has 0 spiro atoms. The predicted octanol–water partition coefficient (Wildman–Crippen LogP) is 3.27. The van der Waals surface area contributed by atoms with E-state index in [4.69, 9.17) is 14.5 Å². The number of rotatable bonds is 8. The van der Waals surface area contributed by atoms with Crippen molar-refractivity contribution in [2.75, 3.05) is 51.8 Å². The molecule has 0 atom stereocenters. The van der Waals surface area contributed by atoms with E-state index in [1.807, 2.05) is 43.0 Å². The van der Waals surface area contributed by atoms with Crippen molar-refractivity contribution < 1.29 is 23.0 Å². The van der Waals surface area contributed by atoms with Crippen LogP contribution in [-0.2, 0) is 9.53 Å². The zero-order valence-electron chi connectivity index (χ0n) is 22.6. The van der Waals surface area contributed by atoms with Crippen LogP contribution >= 0.6 is 0 Å². The highest BCUT2D eigenvalue weighted by atomic mass is 19.3. The van der Waals surface area contributed by atoms with Gasteiger partial charge in [-0.15, -0.1) is 0 Å². The standard InChI is InChI=1S/C27H35F2N7O3/c1-17-4-9-20-21(14-17)36(26(31-20)25(28)29)22-15-24(33-27(32-22)35-10-12-38-13-11-35)39-19-7-5-18(6-8-19)30-23(37)16-34(2)3/h4,9,14-15,18-19,25H,5-8,10-13,16H2,1-3H3,(H,30,37). The third-order valence-corrected chi connectivity index (χ3v) is 7.02. The average molecular weight is 544 g/mol. The number of ether oxygens (including phenoxy) is 2. The quantitative estimate of drug-likeness (QED) is 0.463. The fourth-order valence-corrected chi connectivity index (χ4v) is 5.13. The van der Waals surface area contributed by atoms with Crippen LogP contribution in [0.25, 0.3) is 16.9 Å². The molecule has 1 amide bonds. The van der Waals surface area contributed by atoms with Gasteiger partial charge in [0.25, 0.3) is 6.43 Å². The largest absolute Gasteiger partial charge is 0.474 e. The smallest absolute Gasteiger partial charge is 0.296 e.